The molecular formula is C12H16N2O2. The summed E-state index contributed by atoms with van der Waals surface area (Å²) in [5, 5.41) is 9.33. The van der Waals surface area contributed by atoms with Gasteiger partial charge < -0.3 is 0 Å². The van der Waals surface area contributed by atoms with Gasteiger partial charge in [0.2, 0.25) is 11.8 Å². The first kappa shape index (κ1) is 11.1. The van der Waals surface area contributed by atoms with Gasteiger partial charge in [-0.05, 0) is 31.6 Å². The summed E-state index contributed by atoms with van der Waals surface area (Å²) in [5.74, 6) is 0.261. The van der Waals surface area contributed by atoms with Gasteiger partial charge in [0, 0.05) is 12.8 Å². The van der Waals surface area contributed by atoms with Crippen LogP contribution in [0.4, 0.5) is 0 Å². The summed E-state index contributed by atoms with van der Waals surface area (Å²) in [4.78, 5) is 24.6. The molecule has 4 heteroatoms. The molecule has 1 heterocycles. The van der Waals surface area contributed by atoms with Gasteiger partial charge in [-0.1, -0.05) is 6.92 Å². The van der Waals surface area contributed by atoms with Crippen LogP contribution in [0.15, 0.2) is 0 Å². The van der Waals surface area contributed by atoms with E-state index < -0.39 is 5.54 Å². The monoisotopic (exact) mass is 220 g/mol. The van der Waals surface area contributed by atoms with Gasteiger partial charge in [-0.25, -0.2) is 0 Å². The van der Waals surface area contributed by atoms with Crippen molar-refractivity contribution in [1.29, 1.82) is 5.26 Å². The van der Waals surface area contributed by atoms with Crippen molar-refractivity contribution in [2.75, 3.05) is 0 Å². The number of rotatable bonds is 1. The molecule has 1 saturated carbocycles. The van der Waals surface area contributed by atoms with Crippen molar-refractivity contribution in [3.05, 3.63) is 0 Å². The Kier molecular flexibility index (Phi) is 2.71. The van der Waals surface area contributed by atoms with E-state index in [0.29, 0.717) is 18.8 Å². The topological polar surface area (TPSA) is 61.2 Å². The van der Waals surface area contributed by atoms with E-state index in [1.54, 1.807) is 0 Å². The maximum Gasteiger partial charge on any atom is 0.231 e. The highest BCUT2D eigenvalue weighted by Gasteiger charge is 2.47. The Balaban J connectivity index is 2.25. The predicted octanol–water partition coefficient (Wildman–Crippen LogP) is 1.61. The zero-order chi connectivity index (χ0) is 11.8. The molecule has 1 aliphatic heterocycles. The van der Waals surface area contributed by atoms with Crippen LogP contribution in [-0.4, -0.2) is 22.3 Å². The second kappa shape index (κ2) is 3.89. The van der Waals surface area contributed by atoms with Crippen LogP contribution < -0.4 is 0 Å². The normalized spacial score (nSPS) is 35.2. The fraction of sp³-hybridized carbons (Fsp3) is 0.750. The Bertz CT molecular complexity index is 346. The van der Waals surface area contributed by atoms with E-state index in [1.807, 2.05) is 0 Å². The second-order valence-electron chi connectivity index (χ2n) is 4.95. The largest absolute Gasteiger partial charge is 0.274 e. The lowest BCUT2D eigenvalue weighted by Gasteiger charge is -2.39. The smallest absolute Gasteiger partial charge is 0.231 e. The molecule has 0 aromatic rings. The van der Waals surface area contributed by atoms with Crippen LogP contribution in [0, 0.1) is 17.2 Å². The number of hydrogen-bond donors (Lipinski definition) is 0. The number of carbonyl (C=O) groups excluding carboxylic acids is 2. The summed E-state index contributed by atoms with van der Waals surface area (Å²) in [6, 6.07) is 2.22. The summed E-state index contributed by atoms with van der Waals surface area (Å²) in [7, 11) is 0. The number of imide groups is 1. The molecule has 4 nitrogen and oxygen atoms in total. The lowest BCUT2D eigenvalue weighted by atomic mass is 9.77. The lowest BCUT2D eigenvalue weighted by molar-refractivity contribution is -0.145. The van der Waals surface area contributed by atoms with Crippen molar-refractivity contribution in [2.45, 2.75) is 51.0 Å². The SMILES string of the molecule is CC1CCC(C#N)(N2C(=O)CCC2=O)CC1. The number of carbonyl (C=O) groups is 2. The Labute approximate surface area is 95.2 Å². The summed E-state index contributed by atoms with van der Waals surface area (Å²) in [6.07, 6.45) is 3.68. The Hall–Kier alpha value is -1.37. The van der Waals surface area contributed by atoms with Crippen molar-refractivity contribution >= 4 is 11.8 Å². The molecule has 0 spiro atoms. The van der Waals surface area contributed by atoms with E-state index in [-0.39, 0.29) is 24.7 Å². The van der Waals surface area contributed by atoms with Crippen LogP contribution >= 0.6 is 0 Å². The first-order valence-corrected chi connectivity index (χ1v) is 5.86. The van der Waals surface area contributed by atoms with Gasteiger partial charge >= 0.3 is 0 Å². The van der Waals surface area contributed by atoms with Gasteiger partial charge in [-0.15, -0.1) is 0 Å². The van der Waals surface area contributed by atoms with E-state index in [9.17, 15) is 14.9 Å². The lowest BCUT2D eigenvalue weighted by Crippen LogP contribution is -2.52. The Morgan fingerprint density at radius 3 is 2.19 bits per heavy atom. The van der Waals surface area contributed by atoms with Gasteiger partial charge in [-0.3, -0.25) is 14.5 Å². The standard InChI is InChI=1S/C12H16N2O2/c1-9-4-6-12(8-13,7-5-9)14-10(15)2-3-11(14)16/h9H,2-7H2,1H3. The maximum absolute atomic E-state index is 11.7. The first-order chi connectivity index (χ1) is 7.59. The van der Waals surface area contributed by atoms with Gasteiger partial charge in [0.05, 0.1) is 6.07 Å². The van der Waals surface area contributed by atoms with Crippen LogP contribution in [0.5, 0.6) is 0 Å². The molecule has 16 heavy (non-hydrogen) atoms. The van der Waals surface area contributed by atoms with Crippen LogP contribution in [0.1, 0.15) is 45.4 Å². The summed E-state index contributed by atoms with van der Waals surface area (Å²) < 4.78 is 0. The molecule has 86 valence electrons. The molecule has 2 rings (SSSR count). The number of nitriles is 1. The molecule has 0 unspecified atom stereocenters. The number of hydrogen-bond acceptors (Lipinski definition) is 3. The molecule has 0 bridgehead atoms. The van der Waals surface area contributed by atoms with E-state index in [1.165, 1.54) is 4.90 Å². The summed E-state index contributed by atoms with van der Waals surface area (Å²) in [6.45, 7) is 2.15. The van der Waals surface area contributed by atoms with Crippen LogP contribution in [0.25, 0.3) is 0 Å². The molecule has 0 atom stereocenters. The molecule has 1 saturated heterocycles. The highest BCUT2D eigenvalue weighted by Crippen LogP contribution is 2.38. The minimum absolute atomic E-state index is 0.166. The summed E-state index contributed by atoms with van der Waals surface area (Å²) >= 11 is 0. The molecule has 2 fully saturated rings. The van der Waals surface area contributed by atoms with Gasteiger partial charge in [0.25, 0.3) is 0 Å². The van der Waals surface area contributed by atoms with E-state index in [4.69, 9.17) is 0 Å². The number of likely N-dealkylation sites (tertiary alicyclic amines) is 1. The van der Waals surface area contributed by atoms with E-state index >= 15 is 0 Å². The van der Waals surface area contributed by atoms with Crippen molar-refractivity contribution in [2.24, 2.45) is 5.92 Å². The third-order valence-corrected chi connectivity index (χ3v) is 3.79. The predicted molar refractivity (Wildman–Crippen MR) is 57.1 cm³/mol. The highest BCUT2D eigenvalue weighted by atomic mass is 16.2. The quantitative estimate of drug-likeness (QED) is 0.631. The zero-order valence-corrected chi connectivity index (χ0v) is 9.53. The molecular weight excluding hydrogens is 204 g/mol. The maximum atomic E-state index is 11.7. The van der Waals surface area contributed by atoms with Crippen LogP contribution in [-0.2, 0) is 9.59 Å². The average molecular weight is 220 g/mol. The van der Waals surface area contributed by atoms with Gasteiger partial charge in [-0.2, -0.15) is 5.26 Å². The van der Waals surface area contributed by atoms with E-state index in [0.717, 1.165) is 12.8 Å². The fourth-order valence-electron chi connectivity index (χ4n) is 2.68. The van der Waals surface area contributed by atoms with Gasteiger partial charge in [0.15, 0.2) is 0 Å². The molecule has 0 aromatic carbocycles. The van der Waals surface area contributed by atoms with Crippen molar-refractivity contribution < 1.29 is 9.59 Å². The van der Waals surface area contributed by atoms with Gasteiger partial charge in [0.1, 0.15) is 5.54 Å². The first-order valence-electron chi connectivity index (χ1n) is 5.86. The summed E-state index contributed by atoms with van der Waals surface area (Å²) in [5.41, 5.74) is -0.836. The molecule has 0 radical (unpaired) electrons. The third kappa shape index (κ3) is 1.60. The van der Waals surface area contributed by atoms with Crippen LogP contribution in [0.2, 0.25) is 0 Å². The Morgan fingerprint density at radius 1 is 1.25 bits per heavy atom. The minimum Gasteiger partial charge on any atom is -0.274 e. The molecule has 0 aromatic heterocycles. The highest BCUT2D eigenvalue weighted by molar-refractivity contribution is 6.03. The second-order valence-corrected chi connectivity index (χ2v) is 4.95. The fourth-order valence-corrected chi connectivity index (χ4v) is 2.68. The van der Waals surface area contributed by atoms with Crippen molar-refractivity contribution in [1.82, 2.24) is 4.90 Å². The molecule has 2 aliphatic rings. The van der Waals surface area contributed by atoms with E-state index in [2.05, 4.69) is 13.0 Å². The van der Waals surface area contributed by atoms with Crippen molar-refractivity contribution in [3.63, 3.8) is 0 Å². The Morgan fingerprint density at radius 2 is 1.75 bits per heavy atom. The molecule has 2 amide bonds. The number of nitrogens with zero attached hydrogens (tertiary/aromatic N) is 2. The average Bonchev–Trinajstić information content (AvgIpc) is 2.62. The zero-order valence-electron chi connectivity index (χ0n) is 9.53. The molecule has 1 aliphatic carbocycles. The molecule has 0 N–H and O–H groups in total. The number of amides is 2. The van der Waals surface area contributed by atoms with Crippen LogP contribution in [0.3, 0.4) is 0 Å². The minimum atomic E-state index is -0.836. The third-order valence-electron chi connectivity index (χ3n) is 3.79. The van der Waals surface area contributed by atoms with Crippen molar-refractivity contribution in [3.8, 4) is 6.07 Å².